The van der Waals surface area contributed by atoms with Gasteiger partial charge < -0.3 is 4.74 Å². The molecule has 2 aromatic rings. The number of aryl methyl sites for hydroxylation is 2. The third-order valence-electron chi connectivity index (χ3n) is 2.95. The van der Waals surface area contributed by atoms with E-state index >= 15 is 0 Å². The number of ether oxygens (including phenoxy) is 1. The summed E-state index contributed by atoms with van der Waals surface area (Å²) in [6, 6.07) is 14.5. The Kier molecular flexibility index (Phi) is 4.46. The summed E-state index contributed by atoms with van der Waals surface area (Å²) in [5.74, 6) is 0.238. The molecule has 0 spiro atoms. The highest BCUT2D eigenvalue weighted by molar-refractivity contribution is 5.73. The predicted molar refractivity (Wildman–Crippen MR) is 76.3 cm³/mol. The molecule has 0 bridgehead atoms. The van der Waals surface area contributed by atoms with Crippen LogP contribution in [-0.2, 0) is 11.2 Å². The van der Waals surface area contributed by atoms with Gasteiger partial charge in [-0.3, -0.25) is 4.79 Å². The van der Waals surface area contributed by atoms with Crippen LogP contribution in [0, 0.1) is 12.3 Å². The van der Waals surface area contributed by atoms with Gasteiger partial charge in [0.2, 0.25) is 5.39 Å². The van der Waals surface area contributed by atoms with Crippen LogP contribution >= 0.6 is 0 Å². The van der Waals surface area contributed by atoms with Crippen LogP contribution in [0.5, 0.6) is 5.75 Å². The van der Waals surface area contributed by atoms with Crippen LogP contribution < -0.4 is 4.74 Å². The van der Waals surface area contributed by atoms with Gasteiger partial charge in [-0.15, -0.1) is 0 Å². The lowest BCUT2D eigenvalue weighted by Gasteiger charge is -2.04. The summed E-state index contributed by atoms with van der Waals surface area (Å²) in [6.07, 6.45) is 0.714. The van der Waals surface area contributed by atoms with E-state index in [0.29, 0.717) is 17.9 Å². The second kappa shape index (κ2) is 6.48. The van der Waals surface area contributed by atoms with E-state index in [1.165, 1.54) is 0 Å². The molecule has 20 heavy (non-hydrogen) atoms. The van der Waals surface area contributed by atoms with Crippen molar-refractivity contribution in [3.63, 3.8) is 0 Å². The average molecular weight is 267 g/mol. The van der Waals surface area contributed by atoms with Crippen molar-refractivity contribution in [2.24, 2.45) is 0 Å². The van der Waals surface area contributed by atoms with Crippen molar-refractivity contribution in [3.8, 4) is 5.75 Å². The van der Waals surface area contributed by atoms with Crippen molar-refractivity contribution in [1.82, 2.24) is 0 Å². The molecule has 100 valence electrons. The molecule has 0 amide bonds. The van der Waals surface area contributed by atoms with Crippen molar-refractivity contribution >= 4 is 11.7 Å². The number of esters is 1. The molecule has 0 atom stereocenters. The van der Waals surface area contributed by atoms with E-state index in [1.807, 2.05) is 31.2 Å². The molecule has 0 aliphatic rings. The molecule has 0 N–H and O–H groups in total. The van der Waals surface area contributed by atoms with Crippen LogP contribution in [-0.4, -0.2) is 5.97 Å². The zero-order valence-corrected chi connectivity index (χ0v) is 11.2. The summed E-state index contributed by atoms with van der Waals surface area (Å²) in [5, 5.41) is 8.85. The molecule has 0 aliphatic heterocycles. The lowest BCUT2D eigenvalue weighted by molar-refractivity contribution is -0.134. The van der Waals surface area contributed by atoms with Gasteiger partial charge in [0.05, 0.1) is 6.42 Å². The highest BCUT2D eigenvalue weighted by Gasteiger charge is 2.14. The van der Waals surface area contributed by atoms with E-state index in [0.717, 1.165) is 11.1 Å². The molecule has 0 saturated carbocycles. The average Bonchev–Trinajstić information content (AvgIpc) is 2.48. The second-order valence-corrected chi connectivity index (χ2v) is 4.52. The van der Waals surface area contributed by atoms with Gasteiger partial charge in [-0.1, -0.05) is 35.9 Å². The van der Waals surface area contributed by atoms with E-state index in [2.05, 4.69) is 4.98 Å². The van der Waals surface area contributed by atoms with Gasteiger partial charge in [0.25, 0.3) is 0 Å². The fourth-order valence-electron chi connectivity index (χ4n) is 1.85. The van der Waals surface area contributed by atoms with Crippen molar-refractivity contribution < 1.29 is 9.53 Å². The number of diazo groups is 1. The van der Waals surface area contributed by atoms with Gasteiger partial charge in [0.1, 0.15) is 5.75 Å². The van der Waals surface area contributed by atoms with E-state index < -0.39 is 0 Å². The summed E-state index contributed by atoms with van der Waals surface area (Å²) in [6.45, 7) is 1.97. The quantitative estimate of drug-likeness (QED) is 0.477. The maximum absolute atomic E-state index is 11.8. The van der Waals surface area contributed by atoms with Gasteiger partial charge in [0.15, 0.2) is 4.98 Å². The first-order chi connectivity index (χ1) is 9.69. The zero-order valence-electron chi connectivity index (χ0n) is 11.2. The molecule has 0 aromatic heterocycles. The van der Waals surface area contributed by atoms with Crippen LogP contribution in [0.25, 0.3) is 4.98 Å². The van der Waals surface area contributed by atoms with E-state index in [1.54, 1.807) is 24.3 Å². The third-order valence-corrected chi connectivity index (χ3v) is 2.95. The van der Waals surface area contributed by atoms with Crippen molar-refractivity contribution in [2.45, 2.75) is 19.8 Å². The molecule has 0 aliphatic carbocycles. The van der Waals surface area contributed by atoms with Crippen LogP contribution in [0.15, 0.2) is 48.5 Å². The Balaban J connectivity index is 1.92. The fraction of sp³-hybridized carbons (Fsp3) is 0.188. The molecule has 4 nitrogen and oxygen atoms in total. The summed E-state index contributed by atoms with van der Waals surface area (Å²) in [5.41, 5.74) is 2.41. The summed E-state index contributed by atoms with van der Waals surface area (Å²) >= 11 is 0. The lowest BCUT2D eigenvalue weighted by Crippen LogP contribution is -2.09. The van der Waals surface area contributed by atoms with Crippen molar-refractivity contribution in [3.05, 3.63) is 64.6 Å². The number of nitrogens with zero attached hydrogens (tertiary/aromatic N) is 2. The minimum absolute atomic E-state index is 0.237. The molecule has 0 radical (unpaired) electrons. The van der Waals surface area contributed by atoms with Crippen LogP contribution in [0.1, 0.15) is 17.5 Å². The molecular weight excluding hydrogens is 252 g/mol. The van der Waals surface area contributed by atoms with E-state index in [-0.39, 0.29) is 12.4 Å². The Morgan fingerprint density at radius 2 is 1.85 bits per heavy atom. The van der Waals surface area contributed by atoms with E-state index in [4.69, 9.17) is 10.1 Å². The largest absolute Gasteiger partial charge is 0.427 e. The van der Waals surface area contributed by atoms with Crippen molar-refractivity contribution in [1.29, 1.82) is 5.39 Å². The van der Waals surface area contributed by atoms with Crippen molar-refractivity contribution in [2.75, 3.05) is 0 Å². The van der Waals surface area contributed by atoms with Gasteiger partial charge in [0, 0.05) is 11.6 Å². The van der Waals surface area contributed by atoms with Gasteiger partial charge >= 0.3 is 11.7 Å². The number of hydrogen-bond acceptors (Lipinski definition) is 3. The number of hydrogen-bond donors (Lipinski definition) is 0. The maximum atomic E-state index is 11.8. The van der Waals surface area contributed by atoms with Crippen LogP contribution in [0.3, 0.4) is 0 Å². The Morgan fingerprint density at radius 3 is 2.55 bits per heavy atom. The molecule has 2 rings (SSSR count). The smallest absolute Gasteiger partial charge is 0.388 e. The van der Waals surface area contributed by atoms with Gasteiger partial charge in [-0.2, -0.15) is 0 Å². The first-order valence-corrected chi connectivity index (χ1v) is 6.39. The third kappa shape index (κ3) is 3.66. The molecule has 0 saturated heterocycles. The minimum Gasteiger partial charge on any atom is -0.427 e. The molecule has 0 heterocycles. The highest BCUT2D eigenvalue weighted by atomic mass is 16.5. The summed E-state index contributed by atoms with van der Waals surface area (Å²) in [4.78, 5) is 14.9. The Hall–Kier alpha value is -2.67. The Morgan fingerprint density at radius 1 is 1.15 bits per heavy atom. The fourth-order valence-corrected chi connectivity index (χ4v) is 1.85. The number of benzene rings is 2. The molecule has 4 heteroatoms. The second-order valence-electron chi connectivity index (χ2n) is 4.52. The highest BCUT2D eigenvalue weighted by Crippen LogP contribution is 2.20. The SMILES string of the molecule is Cc1ccc(OC(=O)CCc2ccccc2[N+]#N)cc1. The summed E-state index contributed by atoms with van der Waals surface area (Å²) in [7, 11) is 0. The minimum atomic E-state index is -0.304. The Labute approximate surface area is 117 Å². The number of rotatable bonds is 4. The molecule has 2 aromatic carbocycles. The van der Waals surface area contributed by atoms with Gasteiger partial charge in [-0.25, -0.2) is 0 Å². The standard InChI is InChI=1S/C16H15N2O2/c1-12-6-9-14(10-7-12)20-16(19)11-8-13-4-2-3-5-15(13)18-17/h2-7,9-10H,8,11H2,1H3/q+1. The number of carbonyl (C=O) groups is 1. The van der Waals surface area contributed by atoms with Crippen LogP contribution in [0.4, 0.5) is 5.69 Å². The Bertz CT molecular complexity index is 642. The number of carbonyl (C=O) groups excluding carboxylic acids is 1. The van der Waals surface area contributed by atoms with Gasteiger partial charge in [-0.05, 0) is 25.5 Å². The predicted octanol–water partition coefficient (Wildman–Crippen LogP) is 4.02. The lowest BCUT2D eigenvalue weighted by atomic mass is 10.1. The van der Waals surface area contributed by atoms with E-state index in [9.17, 15) is 4.79 Å². The zero-order chi connectivity index (χ0) is 14.4. The normalized spacial score (nSPS) is 9.80. The topological polar surface area (TPSA) is 54.5 Å². The molecule has 0 unspecified atom stereocenters. The molecule has 0 fully saturated rings. The first kappa shape index (κ1) is 13.8. The molecular formula is C16H15N2O2+. The first-order valence-electron chi connectivity index (χ1n) is 6.39. The monoisotopic (exact) mass is 267 g/mol. The maximum Gasteiger partial charge on any atom is 0.388 e. The summed E-state index contributed by atoms with van der Waals surface area (Å²) < 4.78 is 5.23. The van der Waals surface area contributed by atoms with Crippen LogP contribution in [0.2, 0.25) is 0 Å².